The van der Waals surface area contributed by atoms with Crippen LogP contribution in [0, 0.1) is 29.5 Å². The van der Waals surface area contributed by atoms with Crippen LogP contribution in [0.4, 0.5) is 4.39 Å². The summed E-state index contributed by atoms with van der Waals surface area (Å²) in [4.78, 5) is 22.5. The number of carbonyl (C=O) groups excluding carboxylic acids is 1. The first-order chi connectivity index (χ1) is 29.4. The fraction of sp³-hybridized carbons (Fsp3) is 0.625. The van der Waals surface area contributed by atoms with E-state index in [0.29, 0.717) is 55.3 Å². The molecule has 2 fully saturated rings. The molecule has 3 N–H and O–H groups in total. The number of halogens is 1. The highest BCUT2D eigenvalue weighted by Gasteiger charge is 2.65. The first-order valence-electron chi connectivity index (χ1n) is 22.4. The van der Waals surface area contributed by atoms with Crippen LogP contribution in [0.15, 0.2) is 71.9 Å². The SMILES string of the molecule is C=CCO[C@@]12Oc3ccc(OCc4ccccc4F)cc3[C@H]3[C@H](CCCCO)[C@@H](CCCCO)C=C(C(=NOCC)C[C@@H]1N(CCOCCO)C(=O)CCC1CCCC1)[C@H]32. The fourth-order valence-electron chi connectivity index (χ4n) is 10.2. The van der Waals surface area contributed by atoms with Crippen molar-refractivity contribution in [2.24, 2.45) is 28.8 Å². The summed E-state index contributed by atoms with van der Waals surface area (Å²) in [5.41, 5.74) is 3.07. The molecule has 11 nitrogen and oxygen atoms in total. The molecule has 2 aromatic carbocycles. The Labute approximate surface area is 355 Å². The molecule has 12 heteroatoms. The van der Waals surface area contributed by atoms with E-state index in [4.69, 9.17) is 28.9 Å². The van der Waals surface area contributed by atoms with Gasteiger partial charge in [-0.1, -0.05) is 74.0 Å². The van der Waals surface area contributed by atoms with Crippen LogP contribution in [0.5, 0.6) is 11.5 Å². The highest BCUT2D eigenvalue weighted by molar-refractivity contribution is 6.03. The Hall–Kier alpha value is -3.81. The second kappa shape index (κ2) is 22.9. The van der Waals surface area contributed by atoms with Crippen molar-refractivity contribution in [1.82, 2.24) is 4.90 Å². The number of aliphatic hydroxyl groups is 3. The maximum Gasteiger partial charge on any atom is 0.239 e. The number of ether oxygens (including phenoxy) is 4. The summed E-state index contributed by atoms with van der Waals surface area (Å²) >= 11 is 0. The number of nitrogens with zero attached hydrogens (tertiary/aromatic N) is 2. The zero-order chi connectivity index (χ0) is 42.3. The van der Waals surface area contributed by atoms with Crippen LogP contribution in [0.25, 0.3) is 0 Å². The fourth-order valence-corrected chi connectivity index (χ4v) is 10.2. The van der Waals surface area contributed by atoms with Gasteiger partial charge in [-0.15, -0.1) is 6.58 Å². The summed E-state index contributed by atoms with van der Waals surface area (Å²) in [6.45, 7) is 7.18. The lowest BCUT2D eigenvalue weighted by Crippen LogP contribution is -2.70. The lowest BCUT2D eigenvalue weighted by molar-refractivity contribution is -0.258. The molecule has 0 unspecified atom stereocenters. The Bertz CT molecular complexity index is 1750. The zero-order valence-corrected chi connectivity index (χ0v) is 35.5. The number of fused-ring (bicyclic) bond motifs is 2. The lowest BCUT2D eigenvalue weighted by Gasteiger charge is -2.60. The Kier molecular flexibility index (Phi) is 17.4. The van der Waals surface area contributed by atoms with Crippen LogP contribution in [-0.4, -0.2) is 96.5 Å². The minimum atomic E-state index is -1.39. The summed E-state index contributed by atoms with van der Waals surface area (Å²) in [7, 11) is 0. The van der Waals surface area contributed by atoms with Crippen molar-refractivity contribution in [3.63, 3.8) is 0 Å². The molecule has 6 atom stereocenters. The summed E-state index contributed by atoms with van der Waals surface area (Å²) in [5.74, 6) is -0.574. The van der Waals surface area contributed by atoms with Crippen LogP contribution in [0.3, 0.4) is 0 Å². The predicted molar refractivity (Wildman–Crippen MR) is 228 cm³/mol. The molecule has 1 aliphatic heterocycles. The van der Waals surface area contributed by atoms with Crippen molar-refractivity contribution in [2.45, 2.75) is 115 Å². The molecule has 2 saturated carbocycles. The second-order valence-corrected chi connectivity index (χ2v) is 16.7. The molecular weight excluding hydrogens is 768 g/mol. The van der Waals surface area contributed by atoms with Crippen LogP contribution in [0.2, 0.25) is 0 Å². The summed E-state index contributed by atoms with van der Waals surface area (Å²) < 4.78 is 41.3. The van der Waals surface area contributed by atoms with Crippen LogP contribution >= 0.6 is 0 Å². The number of hydrogen-bond donors (Lipinski definition) is 3. The van der Waals surface area contributed by atoms with E-state index < -0.39 is 17.7 Å². The van der Waals surface area contributed by atoms with Gasteiger partial charge >= 0.3 is 0 Å². The van der Waals surface area contributed by atoms with E-state index in [1.165, 1.54) is 18.9 Å². The number of amides is 1. The quantitative estimate of drug-likeness (QED) is 0.0518. The largest absolute Gasteiger partial charge is 0.489 e. The molecule has 330 valence electrons. The second-order valence-electron chi connectivity index (χ2n) is 16.7. The monoisotopic (exact) mass is 834 g/mol. The molecular formula is C48H67FN2O9. The maximum atomic E-state index is 14.8. The van der Waals surface area contributed by atoms with Crippen molar-refractivity contribution in [2.75, 3.05) is 52.8 Å². The number of allylic oxidation sites excluding steroid dienone is 1. The first-order valence-corrected chi connectivity index (χ1v) is 22.4. The van der Waals surface area contributed by atoms with Gasteiger partial charge in [0.2, 0.25) is 11.7 Å². The van der Waals surface area contributed by atoms with E-state index in [-0.39, 0.29) is 82.3 Å². The molecule has 0 spiro atoms. The maximum absolute atomic E-state index is 14.8. The topological polar surface area (TPSA) is 140 Å². The van der Waals surface area contributed by atoms with E-state index in [9.17, 15) is 24.5 Å². The third-order valence-electron chi connectivity index (χ3n) is 13.0. The van der Waals surface area contributed by atoms with E-state index in [1.807, 2.05) is 30.0 Å². The van der Waals surface area contributed by atoms with Crippen molar-refractivity contribution in [1.29, 1.82) is 0 Å². The molecule has 0 saturated heterocycles. The minimum Gasteiger partial charge on any atom is -0.489 e. The van der Waals surface area contributed by atoms with Crippen LogP contribution in [-0.2, 0) is 25.7 Å². The Balaban J connectivity index is 1.52. The standard InChI is InChI=1S/C48H67FN2O9/c1-3-27-58-48-44(51(23-28-56-29-26-54)45(55)22-19-34-13-5-6-14-34)32-42(50-59-4-2)39-30-35(15-9-11-24-52)38(17-10-12-25-53)46(47(39)48)40-31-37(20-21-43(40)60-48)57-33-36-16-7-8-18-41(36)49/h3,7-8,16,18,20-21,30-31,34-35,38,44,46-47,52-54H,1,4-6,9-15,17,19,22-29,32-33H2,2H3/t35-,38+,44-,46+,47+,48+/m0/s1. The highest BCUT2D eigenvalue weighted by atomic mass is 19.1. The zero-order valence-electron chi connectivity index (χ0n) is 35.5. The van der Waals surface area contributed by atoms with E-state index in [0.717, 1.165) is 61.8 Å². The van der Waals surface area contributed by atoms with Crippen molar-refractivity contribution < 1.29 is 48.3 Å². The van der Waals surface area contributed by atoms with E-state index >= 15 is 0 Å². The van der Waals surface area contributed by atoms with Gasteiger partial charge in [0.1, 0.15) is 36.6 Å². The van der Waals surface area contributed by atoms with Gasteiger partial charge < -0.3 is 44.0 Å². The average Bonchev–Trinajstić information content (AvgIpc) is 3.79. The van der Waals surface area contributed by atoms with E-state index in [1.54, 1.807) is 24.3 Å². The number of oxime groups is 1. The van der Waals surface area contributed by atoms with Crippen molar-refractivity contribution in [3.8, 4) is 11.5 Å². The number of hydrogen-bond acceptors (Lipinski definition) is 10. The molecule has 1 heterocycles. The summed E-state index contributed by atoms with van der Waals surface area (Å²) in [5, 5.41) is 34.2. The van der Waals surface area contributed by atoms with Gasteiger partial charge in [-0.25, -0.2) is 4.39 Å². The highest BCUT2D eigenvalue weighted by Crippen LogP contribution is 2.62. The number of carbonyl (C=O) groups is 1. The minimum absolute atomic E-state index is 0.00992. The molecule has 0 radical (unpaired) electrons. The molecule has 0 aromatic heterocycles. The van der Waals surface area contributed by atoms with Gasteiger partial charge in [0.05, 0.1) is 38.1 Å². The van der Waals surface area contributed by atoms with E-state index in [2.05, 4.69) is 12.7 Å². The van der Waals surface area contributed by atoms with Gasteiger partial charge in [0, 0.05) is 49.6 Å². The first kappa shape index (κ1) is 45.7. The van der Waals surface area contributed by atoms with Crippen LogP contribution < -0.4 is 9.47 Å². The predicted octanol–water partition coefficient (Wildman–Crippen LogP) is 7.87. The molecule has 3 aliphatic carbocycles. The lowest BCUT2D eigenvalue weighted by atomic mass is 9.55. The summed E-state index contributed by atoms with van der Waals surface area (Å²) in [6.07, 6.45) is 14.7. The van der Waals surface area contributed by atoms with Crippen molar-refractivity contribution >= 4 is 11.6 Å². The molecule has 0 bridgehead atoms. The van der Waals surface area contributed by atoms with Gasteiger partial charge in [0.15, 0.2) is 0 Å². The molecule has 1 amide bonds. The smallest absolute Gasteiger partial charge is 0.239 e. The Morgan fingerprint density at radius 2 is 1.80 bits per heavy atom. The number of unbranched alkanes of at least 4 members (excludes halogenated alkanes) is 2. The van der Waals surface area contributed by atoms with Crippen LogP contribution in [0.1, 0.15) is 107 Å². The third kappa shape index (κ3) is 10.8. The third-order valence-corrected chi connectivity index (χ3v) is 13.0. The normalized spacial score (nSPS) is 25.2. The number of aliphatic hydroxyl groups excluding tert-OH is 3. The van der Waals surface area contributed by atoms with Gasteiger partial charge in [-0.3, -0.25) is 4.79 Å². The van der Waals surface area contributed by atoms with Gasteiger partial charge in [-0.2, -0.15) is 0 Å². The Morgan fingerprint density at radius 1 is 1.02 bits per heavy atom. The van der Waals surface area contributed by atoms with Crippen molar-refractivity contribution in [3.05, 3.63) is 83.7 Å². The molecule has 2 aromatic rings. The number of rotatable bonds is 25. The Morgan fingerprint density at radius 3 is 2.53 bits per heavy atom. The molecule has 4 aliphatic rings. The molecule has 60 heavy (non-hydrogen) atoms. The summed E-state index contributed by atoms with van der Waals surface area (Å²) in [6, 6.07) is 11.7. The van der Waals surface area contributed by atoms with Gasteiger partial charge in [-0.05, 0) is 86.6 Å². The molecule has 6 rings (SSSR count). The van der Waals surface area contributed by atoms with Gasteiger partial charge in [0.25, 0.3) is 0 Å². The number of benzene rings is 2. The average molecular weight is 835 g/mol.